The number of amides is 1. The Hall–Kier alpha value is -1.03. The molecule has 1 aromatic rings. The quantitative estimate of drug-likeness (QED) is 0.778. The van der Waals surface area contributed by atoms with Crippen LogP contribution in [0.2, 0.25) is 10.0 Å². The molecular weight excluding hydrogens is 273 g/mol. The summed E-state index contributed by atoms with van der Waals surface area (Å²) in [6, 6.07) is 5.21. The monoisotopic (exact) mass is 285 g/mol. The highest BCUT2D eigenvalue weighted by Crippen LogP contribution is 2.23. The zero-order valence-electron chi connectivity index (χ0n) is 9.73. The van der Waals surface area contributed by atoms with E-state index in [-0.39, 0.29) is 5.91 Å². The van der Waals surface area contributed by atoms with Gasteiger partial charge in [0.2, 0.25) is 0 Å². The lowest BCUT2D eigenvalue weighted by atomic mass is 10.2. The molecule has 0 aliphatic carbocycles. The number of benzene rings is 1. The van der Waals surface area contributed by atoms with Gasteiger partial charge in [0, 0.05) is 12.6 Å². The number of carbonyl (C=O) groups excluding carboxylic acids is 1. The number of nitrogens with zero attached hydrogens (tertiary/aromatic N) is 1. The van der Waals surface area contributed by atoms with Gasteiger partial charge >= 0.3 is 0 Å². The van der Waals surface area contributed by atoms with Gasteiger partial charge < -0.3 is 0 Å². The first-order valence-electron chi connectivity index (χ1n) is 5.74. The molecule has 0 bridgehead atoms. The van der Waals surface area contributed by atoms with Gasteiger partial charge in [-0.15, -0.1) is 0 Å². The molecule has 0 N–H and O–H groups in total. The Morgan fingerprint density at radius 1 is 1.28 bits per heavy atom. The molecule has 0 unspecified atom stereocenters. The number of hydrogen-bond acceptors (Lipinski definition) is 2. The van der Waals surface area contributed by atoms with Crippen molar-refractivity contribution in [1.82, 2.24) is 5.06 Å². The van der Waals surface area contributed by atoms with Crippen LogP contribution in [-0.4, -0.2) is 24.1 Å². The second-order valence-electron chi connectivity index (χ2n) is 3.99. The minimum Gasteiger partial charge on any atom is -0.271 e. The summed E-state index contributed by atoms with van der Waals surface area (Å²) in [5.41, 5.74) is 0.828. The Kier molecular flexibility index (Phi) is 4.64. The summed E-state index contributed by atoms with van der Waals surface area (Å²) < 4.78 is 0. The first kappa shape index (κ1) is 13.4. The Labute approximate surface area is 116 Å². The third kappa shape index (κ3) is 3.48. The fourth-order valence-electron chi connectivity index (χ4n) is 1.64. The fourth-order valence-corrected chi connectivity index (χ4v) is 1.94. The number of carbonyl (C=O) groups is 1. The highest BCUT2D eigenvalue weighted by Gasteiger charge is 2.14. The predicted octanol–water partition coefficient (Wildman–Crippen LogP) is 3.56. The van der Waals surface area contributed by atoms with Gasteiger partial charge in [0.15, 0.2) is 0 Å². The molecule has 1 aliphatic heterocycles. The summed E-state index contributed by atoms with van der Waals surface area (Å²) in [7, 11) is 0. The van der Waals surface area contributed by atoms with E-state index in [1.807, 2.05) is 0 Å². The molecule has 0 atom stereocenters. The van der Waals surface area contributed by atoms with Crippen molar-refractivity contribution in [2.45, 2.75) is 12.8 Å². The maximum Gasteiger partial charge on any atom is 0.270 e. The van der Waals surface area contributed by atoms with E-state index >= 15 is 0 Å². The topological polar surface area (TPSA) is 29.5 Å². The molecule has 1 fully saturated rings. The lowest BCUT2D eigenvalue weighted by Crippen LogP contribution is -2.34. The van der Waals surface area contributed by atoms with Crippen molar-refractivity contribution in [3.63, 3.8) is 0 Å². The highest BCUT2D eigenvalue weighted by molar-refractivity contribution is 6.42. The lowest BCUT2D eigenvalue weighted by Gasteiger charge is -2.24. The van der Waals surface area contributed by atoms with Crippen LogP contribution in [0, 0.1) is 0 Å². The highest BCUT2D eigenvalue weighted by atomic mass is 35.5. The van der Waals surface area contributed by atoms with Crippen molar-refractivity contribution in [3.05, 3.63) is 39.9 Å². The van der Waals surface area contributed by atoms with Crippen molar-refractivity contribution in [3.8, 4) is 0 Å². The van der Waals surface area contributed by atoms with Crippen molar-refractivity contribution in [2.24, 2.45) is 0 Å². The van der Waals surface area contributed by atoms with Crippen LogP contribution in [0.5, 0.6) is 0 Å². The molecule has 0 spiro atoms. The number of hydrogen-bond donors (Lipinski definition) is 0. The first-order valence-corrected chi connectivity index (χ1v) is 6.50. The predicted molar refractivity (Wildman–Crippen MR) is 72.4 cm³/mol. The minimum absolute atomic E-state index is 0.152. The second kappa shape index (κ2) is 6.23. The van der Waals surface area contributed by atoms with Crippen LogP contribution in [0.3, 0.4) is 0 Å². The molecule has 96 valence electrons. The molecule has 1 saturated heterocycles. The zero-order chi connectivity index (χ0) is 13.0. The largest absolute Gasteiger partial charge is 0.271 e. The SMILES string of the molecule is O=C(/C=C/c1ccc(Cl)c(Cl)c1)N1CCCCO1. The molecule has 5 heteroatoms. The third-order valence-electron chi connectivity index (χ3n) is 2.61. The average molecular weight is 286 g/mol. The summed E-state index contributed by atoms with van der Waals surface area (Å²) in [4.78, 5) is 17.0. The van der Waals surface area contributed by atoms with Gasteiger partial charge in [-0.1, -0.05) is 29.3 Å². The average Bonchev–Trinajstić information content (AvgIpc) is 2.41. The van der Waals surface area contributed by atoms with E-state index in [9.17, 15) is 4.79 Å². The summed E-state index contributed by atoms with van der Waals surface area (Å²) >= 11 is 11.7. The molecule has 1 heterocycles. The number of halogens is 2. The van der Waals surface area contributed by atoms with Crippen molar-refractivity contribution < 1.29 is 9.63 Å². The van der Waals surface area contributed by atoms with Gasteiger partial charge in [-0.3, -0.25) is 9.63 Å². The molecular formula is C13H13Cl2NO2. The molecule has 2 rings (SSSR count). The third-order valence-corrected chi connectivity index (χ3v) is 3.35. The molecule has 0 aromatic heterocycles. The smallest absolute Gasteiger partial charge is 0.270 e. The first-order chi connectivity index (χ1) is 8.66. The number of rotatable bonds is 2. The standard InChI is InChI=1S/C13H13Cl2NO2/c14-11-5-3-10(9-12(11)15)4-6-13(17)16-7-1-2-8-18-16/h3-6,9H,1-2,7-8H2/b6-4+. The molecule has 1 amide bonds. The normalized spacial score (nSPS) is 16.2. The van der Waals surface area contributed by atoms with E-state index in [0.717, 1.165) is 18.4 Å². The minimum atomic E-state index is -0.152. The van der Waals surface area contributed by atoms with Crippen LogP contribution in [0.15, 0.2) is 24.3 Å². The van der Waals surface area contributed by atoms with Crippen LogP contribution in [-0.2, 0) is 9.63 Å². The Bertz CT molecular complexity index is 468. The molecule has 3 nitrogen and oxygen atoms in total. The van der Waals surface area contributed by atoms with E-state index in [1.165, 1.54) is 11.1 Å². The second-order valence-corrected chi connectivity index (χ2v) is 4.80. The summed E-state index contributed by atoms with van der Waals surface area (Å²) in [5.74, 6) is -0.152. The van der Waals surface area contributed by atoms with Gasteiger partial charge in [0.25, 0.3) is 5.91 Å². The Morgan fingerprint density at radius 3 is 2.78 bits per heavy atom. The van der Waals surface area contributed by atoms with E-state index in [2.05, 4.69) is 0 Å². The van der Waals surface area contributed by atoms with Gasteiger partial charge in [0.1, 0.15) is 0 Å². The van der Waals surface area contributed by atoms with Crippen LogP contribution in [0.4, 0.5) is 0 Å². The van der Waals surface area contributed by atoms with Crippen LogP contribution in [0.1, 0.15) is 18.4 Å². The van der Waals surface area contributed by atoms with Gasteiger partial charge in [-0.05, 0) is 36.6 Å². The molecule has 1 aromatic carbocycles. The van der Waals surface area contributed by atoms with E-state index < -0.39 is 0 Å². The van der Waals surface area contributed by atoms with Crippen LogP contribution in [0.25, 0.3) is 6.08 Å². The van der Waals surface area contributed by atoms with Crippen molar-refractivity contribution >= 4 is 35.2 Å². The number of hydroxylamine groups is 2. The summed E-state index contributed by atoms with van der Waals surface area (Å²) in [6.45, 7) is 1.25. The fraction of sp³-hybridized carbons (Fsp3) is 0.308. The maximum absolute atomic E-state index is 11.8. The molecule has 1 aliphatic rings. The van der Waals surface area contributed by atoms with Crippen molar-refractivity contribution in [2.75, 3.05) is 13.2 Å². The van der Waals surface area contributed by atoms with Gasteiger partial charge in [0.05, 0.1) is 16.7 Å². The zero-order valence-corrected chi connectivity index (χ0v) is 11.2. The van der Waals surface area contributed by atoms with E-state index in [4.69, 9.17) is 28.0 Å². The molecule has 0 saturated carbocycles. The Morgan fingerprint density at radius 2 is 2.11 bits per heavy atom. The lowest BCUT2D eigenvalue weighted by molar-refractivity contribution is -0.191. The van der Waals surface area contributed by atoms with Gasteiger partial charge in [-0.2, -0.15) is 0 Å². The maximum atomic E-state index is 11.8. The van der Waals surface area contributed by atoms with Crippen LogP contribution >= 0.6 is 23.2 Å². The van der Waals surface area contributed by atoms with Crippen LogP contribution < -0.4 is 0 Å². The van der Waals surface area contributed by atoms with E-state index in [0.29, 0.717) is 23.2 Å². The Balaban J connectivity index is 2.01. The van der Waals surface area contributed by atoms with E-state index in [1.54, 1.807) is 24.3 Å². The molecule has 18 heavy (non-hydrogen) atoms. The van der Waals surface area contributed by atoms with Gasteiger partial charge in [-0.25, -0.2) is 5.06 Å². The molecule has 0 radical (unpaired) electrons. The summed E-state index contributed by atoms with van der Waals surface area (Å²) in [5, 5.41) is 2.36. The summed E-state index contributed by atoms with van der Waals surface area (Å²) in [6.07, 6.45) is 5.15. The van der Waals surface area contributed by atoms with Crippen molar-refractivity contribution in [1.29, 1.82) is 0 Å².